The van der Waals surface area contributed by atoms with Crippen LogP contribution in [0.15, 0.2) is 48.6 Å². The lowest BCUT2D eigenvalue weighted by atomic mass is 9.79. The van der Waals surface area contributed by atoms with Gasteiger partial charge in [0.05, 0.1) is 6.10 Å². The Hall–Kier alpha value is -5.57. The quantitative estimate of drug-likeness (QED) is 0.0659. The lowest BCUT2D eigenvalue weighted by Crippen LogP contribution is -2.59. The van der Waals surface area contributed by atoms with Crippen LogP contribution in [-0.4, -0.2) is 89.5 Å². The van der Waals surface area contributed by atoms with Crippen molar-refractivity contribution in [2.45, 2.75) is 43.2 Å². The summed E-state index contributed by atoms with van der Waals surface area (Å²) in [6, 6.07) is 7.16. The van der Waals surface area contributed by atoms with E-state index in [1.54, 1.807) is 0 Å². The second-order valence-electron chi connectivity index (χ2n) is 9.36. The summed E-state index contributed by atoms with van der Waals surface area (Å²) >= 11 is 0. The first-order valence-corrected chi connectivity index (χ1v) is 12.4. The highest BCUT2D eigenvalue weighted by Crippen LogP contribution is 2.37. The summed E-state index contributed by atoms with van der Waals surface area (Å²) < 4.78 is 15.4. The van der Waals surface area contributed by atoms with E-state index in [1.165, 1.54) is 12.1 Å². The van der Waals surface area contributed by atoms with Crippen molar-refractivity contribution in [3.63, 3.8) is 0 Å². The van der Waals surface area contributed by atoms with Gasteiger partial charge in [-0.1, -0.05) is 12.1 Å². The molecule has 2 aromatic rings. The van der Waals surface area contributed by atoms with E-state index in [1.807, 2.05) is 0 Å². The summed E-state index contributed by atoms with van der Waals surface area (Å²) in [6.07, 6.45) is -4.27. The van der Waals surface area contributed by atoms with Crippen molar-refractivity contribution < 1.29 is 73.9 Å². The third kappa shape index (κ3) is 8.46. The van der Waals surface area contributed by atoms with Gasteiger partial charge in [-0.25, -0.2) is 14.4 Å². The number of benzene rings is 2. The summed E-state index contributed by atoms with van der Waals surface area (Å²) in [4.78, 5) is 60.5. The van der Waals surface area contributed by atoms with Gasteiger partial charge in [-0.2, -0.15) is 0 Å². The molecule has 228 valence electrons. The van der Waals surface area contributed by atoms with E-state index in [0.29, 0.717) is 0 Å². The average Bonchev–Trinajstić information content (AvgIpc) is 2.91. The number of aliphatic hydroxyl groups is 1. The molecule has 0 saturated heterocycles. The SMILES string of the molecule is O=C(O)CC(=O)O[C@H]1[C@H](O)C[C@](OC(=O)/C=C/c2ccc(O)c(O)c2)(C(=O)O)C[C@H]1OC(=O)/C=C/c1ccc(O)c(O)c1. The van der Waals surface area contributed by atoms with Crippen LogP contribution in [0.1, 0.15) is 30.4 Å². The number of aromatic hydroxyl groups is 4. The van der Waals surface area contributed by atoms with Crippen molar-refractivity contribution in [3.8, 4) is 23.0 Å². The highest BCUT2D eigenvalue weighted by molar-refractivity contribution is 5.92. The van der Waals surface area contributed by atoms with Crippen molar-refractivity contribution in [2.75, 3.05) is 0 Å². The minimum absolute atomic E-state index is 0.228. The number of carboxylic acids is 2. The average molecular weight is 603 g/mol. The van der Waals surface area contributed by atoms with E-state index in [2.05, 4.69) is 0 Å². The number of rotatable bonds is 10. The fraction of sp³-hybridized carbons (Fsp3) is 0.250. The number of hydrogen-bond donors (Lipinski definition) is 7. The molecule has 0 heterocycles. The molecule has 3 rings (SSSR count). The van der Waals surface area contributed by atoms with Crippen LogP contribution in [0.5, 0.6) is 23.0 Å². The number of phenolic OH excluding ortho intramolecular Hbond substituents is 4. The minimum Gasteiger partial charge on any atom is -0.504 e. The maximum Gasteiger partial charge on any atom is 0.348 e. The number of hydrogen-bond acceptors (Lipinski definition) is 13. The third-order valence-electron chi connectivity index (χ3n) is 6.15. The number of esters is 3. The van der Waals surface area contributed by atoms with Gasteiger partial charge in [-0.05, 0) is 47.5 Å². The molecule has 7 N–H and O–H groups in total. The van der Waals surface area contributed by atoms with Gasteiger partial charge in [0, 0.05) is 25.0 Å². The van der Waals surface area contributed by atoms with Crippen LogP contribution in [0.25, 0.3) is 12.2 Å². The van der Waals surface area contributed by atoms with Gasteiger partial charge in [-0.15, -0.1) is 0 Å². The Bertz CT molecular complexity index is 1480. The standard InChI is InChI=1S/C28H26O15/c29-16-5-1-14(9-18(16)31)3-7-23(36)41-21-13-28(27(39)40,12-20(33)26(21)42-25(38)11-22(34)35)43-24(37)8-4-15-2-6-17(30)19(32)10-15/h1-10,20-21,26,29-33H,11-13H2,(H,34,35)(H,39,40)/b7-3+,8-4+/t20-,21-,26+,28-/m1/s1. The molecule has 0 amide bonds. The predicted molar refractivity (Wildman–Crippen MR) is 141 cm³/mol. The van der Waals surface area contributed by atoms with E-state index in [-0.39, 0.29) is 11.1 Å². The predicted octanol–water partition coefficient (Wildman–Crippen LogP) is 1.06. The number of ether oxygens (including phenoxy) is 3. The minimum atomic E-state index is -2.51. The zero-order chi connectivity index (χ0) is 31.9. The maximum atomic E-state index is 12.6. The Labute approximate surface area is 242 Å². The first-order chi connectivity index (χ1) is 20.2. The number of carbonyl (C=O) groups is 5. The number of carboxylic acid groups (broad SMARTS) is 2. The van der Waals surface area contributed by atoms with Crippen molar-refractivity contribution >= 4 is 42.0 Å². The van der Waals surface area contributed by atoms with E-state index in [4.69, 9.17) is 19.3 Å². The van der Waals surface area contributed by atoms with Gasteiger partial charge in [0.15, 0.2) is 29.1 Å². The second-order valence-corrected chi connectivity index (χ2v) is 9.36. The van der Waals surface area contributed by atoms with Crippen LogP contribution in [0.3, 0.4) is 0 Å². The van der Waals surface area contributed by atoms with E-state index < -0.39 is 96.0 Å². The Morgan fingerprint density at radius 3 is 1.79 bits per heavy atom. The Morgan fingerprint density at radius 2 is 1.30 bits per heavy atom. The molecule has 0 aliphatic heterocycles. The van der Waals surface area contributed by atoms with Crippen molar-refractivity contribution in [1.29, 1.82) is 0 Å². The molecule has 0 unspecified atom stereocenters. The molecule has 1 fully saturated rings. The lowest BCUT2D eigenvalue weighted by Gasteiger charge is -2.42. The number of carbonyl (C=O) groups excluding carboxylic acids is 3. The fourth-order valence-corrected chi connectivity index (χ4v) is 4.14. The largest absolute Gasteiger partial charge is 0.504 e. The molecule has 15 nitrogen and oxygen atoms in total. The zero-order valence-corrected chi connectivity index (χ0v) is 22.0. The topological polar surface area (TPSA) is 255 Å². The third-order valence-corrected chi connectivity index (χ3v) is 6.15. The molecule has 43 heavy (non-hydrogen) atoms. The molecule has 0 bridgehead atoms. The Kier molecular flexibility index (Phi) is 9.95. The van der Waals surface area contributed by atoms with E-state index in [9.17, 15) is 54.6 Å². The van der Waals surface area contributed by atoms with Gasteiger partial charge in [0.1, 0.15) is 12.5 Å². The van der Waals surface area contributed by atoms with Crippen LogP contribution < -0.4 is 0 Å². The van der Waals surface area contributed by atoms with Crippen LogP contribution in [-0.2, 0) is 38.2 Å². The van der Waals surface area contributed by atoms with Crippen molar-refractivity contribution in [1.82, 2.24) is 0 Å². The molecule has 2 aromatic carbocycles. The normalized spacial score (nSPS) is 21.7. The maximum absolute atomic E-state index is 12.6. The second kappa shape index (κ2) is 13.4. The highest BCUT2D eigenvalue weighted by Gasteiger charge is 2.56. The zero-order valence-electron chi connectivity index (χ0n) is 22.0. The molecule has 1 aliphatic rings. The monoisotopic (exact) mass is 602 g/mol. The van der Waals surface area contributed by atoms with Gasteiger partial charge in [0.2, 0.25) is 5.60 Å². The van der Waals surface area contributed by atoms with Gasteiger partial charge < -0.3 is 50.0 Å². The molecule has 0 aromatic heterocycles. The van der Waals surface area contributed by atoms with Crippen molar-refractivity contribution in [3.05, 3.63) is 59.7 Å². The molecule has 1 saturated carbocycles. The first-order valence-electron chi connectivity index (χ1n) is 12.4. The van der Waals surface area contributed by atoms with E-state index >= 15 is 0 Å². The smallest absolute Gasteiger partial charge is 0.348 e. The van der Waals surface area contributed by atoms with Gasteiger partial charge >= 0.3 is 29.8 Å². The van der Waals surface area contributed by atoms with Crippen LogP contribution >= 0.6 is 0 Å². The van der Waals surface area contributed by atoms with Crippen LogP contribution in [0.2, 0.25) is 0 Å². The fourth-order valence-electron chi connectivity index (χ4n) is 4.14. The lowest BCUT2D eigenvalue weighted by molar-refractivity contribution is -0.214. The molecule has 0 spiro atoms. The molecular weight excluding hydrogens is 576 g/mol. The van der Waals surface area contributed by atoms with E-state index in [0.717, 1.165) is 48.6 Å². The van der Waals surface area contributed by atoms with Crippen LogP contribution in [0, 0.1) is 0 Å². The number of aliphatic hydroxyl groups excluding tert-OH is 1. The summed E-state index contributed by atoms with van der Waals surface area (Å²) in [6.45, 7) is 0. The Morgan fingerprint density at radius 1 is 0.767 bits per heavy atom. The number of aliphatic carboxylic acids is 2. The summed E-state index contributed by atoms with van der Waals surface area (Å²) in [5.74, 6) is -8.82. The number of phenols is 4. The van der Waals surface area contributed by atoms with Crippen molar-refractivity contribution in [2.24, 2.45) is 0 Å². The summed E-state index contributed by atoms with van der Waals surface area (Å²) in [5.41, 5.74) is -2.04. The van der Waals surface area contributed by atoms with Gasteiger partial charge in [-0.3, -0.25) is 9.59 Å². The molecule has 0 radical (unpaired) electrons. The first kappa shape index (κ1) is 32.0. The Balaban J connectivity index is 1.85. The van der Waals surface area contributed by atoms with Gasteiger partial charge in [0.25, 0.3) is 0 Å². The highest BCUT2D eigenvalue weighted by atomic mass is 16.6. The molecule has 1 aliphatic carbocycles. The molecular formula is C28H26O15. The summed E-state index contributed by atoms with van der Waals surface area (Å²) in [5, 5.41) is 67.6. The molecule has 4 atom stereocenters. The summed E-state index contributed by atoms with van der Waals surface area (Å²) in [7, 11) is 0. The molecule has 15 heteroatoms. The van der Waals surface area contributed by atoms with Crippen LogP contribution in [0.4, 0.5) is 0 Å².